The Morgan fingerprint density at radius 1 is 1.32 bits per heavy atom. The summed E-state index contributed by atoms with van der Waals surface area (Å²) in [4.78, 5) is 1.61. The second kappa shape index (κ2) is 6.58. The quantitative estimate of drug-likeness (QED) is 0.844. The maximum Gasteiger partial charge on any atom is 0.501 e. The van der Waals surface area contributed by atoms with Crippen molar-refractivity contribution in [3.05, 3.63) is 29.8 Å². The number of rotatable bonds is 4. The van der Waals surface area contributed by atoms with Crippen molar-refractivity contribution in [3.8, 4) is 0 Å². The number of benzene rings is 1. The smallest absolute Gasteiger partial charge is 0.303 e. The Morgan fingerprint density at radius 3 is 2.68 bits per heavy atom. The van der Waals surface area contributed by atoms with E-state index in [4.69, 9.17) is 0 Å². The van der Waals surface area contributed by atoms with Gasteiger partial charge in [-0.25, -0.2) is 8.42 Å². The van der Waals surface area contributed by atoms with E-state index in [1.165, 1.54) is 12.1 Å². The van der Waals surface area contributed by atoms with Crippen molar-refractivity contribution in [2.45, 2.75) is 42.5 Å². The molecule has 0 N–H and O–H groups in total. The number of hydrogen-bond acceptors (Lipinski definition) is 3. The van der Waals surface area contributed by atoms with Crippen LogP contribution < -0.4 is 0 Å². The maximum atomic E-state index is 12.7. The molecule has 1 atom stereocenters. The minimum absolute atomic E-state index is 0.0867. The van der Waals surface area contributed by atoms with E-state index < -0.39 is 20.2 Å². The third-order valence-corrected chi connectivity index (χ3v) is 5.47. The standard InChI is InChI=1S/C15H20F3NO2S/c1-2-8-19-9-4-6-13(11-19)12-5-3-7-14(10-12)22(20,21)15(16,17)18/h3,5,7,10,13H,2,4,6,8-9,11H2,1H3. The van der Waals surface area contributed by atoms with Crippen LogP contribution in [0.3, 0.4) is 0 Å². The van der Waals surface area contributed by atoms with Crippen molar-refractivity contribution in [1.29, 1.82) is 0 Å². The average Bonchev–Trinajstić information content (AvgIpc) is 2.47. The molecule has 1 aliphatic rings. The highest BCUT2D eigenvalue weighted by Gasteiger charge is 2.47. The van der Waals surface area contributed by atoms with Crippen LogP contribution in [0.2, 0.25) is 0 Å². The molecule has 2 rings (SSSR count). The Labute approximate surface area is 129 Å². The van der Waals surface area contributed by atoms with Gasteiger partial charge < -0.3 is 4.90 Å². The van der Waals surface area contributed by atoms with Crippen molar-refractivity contribution in [2.24, 2.45) is 0 Å². The molecule has 0 saturated carbocycles. The molecule has 1 aromatic rings. The molecule has 124 valence electrons. The molecular weight excluding hydrogens is 315 g/mol. The fourth-order valence-corrected chi connectivity index (χ4v) is 3.73. The van der Waals surface area contributed by atoms with Crippen LogP contribution in [0.1, 0.15) is 37.7 Å². The van der Waals surface area contributed by atoms with Crippen molar-refractivity contribution >= 4 is 9.84 Å². The Balaban J connectivity index is 2.25. The number of sulfone groups is 1. The second-order valence-corrected chi connectivity index (χ2v) is 7.60. The predicted molar refractivity (Wildman–Crippen MR) is 78.4 cm³/mol. The number of piperidine rings is 1. The fourth-order valence-electron chi connectivity index (χ4n) is 2.92. The van der Waals surface area contributed by atoms with Crippen LogP contribution in [0.25, 0.3) is 0 Å². The van der Waals surface area contributed by atoms with E-state index in [2.05, 4.69) is 11.8 Å². The number of alkyl halides is 3. The average molecular weight is 335 g/mol. The summed E-state index contributed by atoms with van der Waals surface area (Å²) in [6, 6.07) is 5.31. The van der Waals surface area contributed by atoms with Gasteiger partial charge in [-0.2, -0.15) is 13.2 Å². The van der Waals surface area contributed by atoms with Gasteiger partial charge in [0.15, 0.2) is 0 Å². The van der Waals surface area contributed by atoms with E-state index in [9.17, 15) is 21.6 Å². The molecule has 1 unspecified atom stereocenters. The molecule has 1 fully saturated rings. The van der Waals surface area contributed by atoms with Crippen LogP contribution in [0.4, 0.5) is 13.2 Å². The molecule has 7 heteroatoms. The van der Waals surface area contributed by atoms with Crippen LogP contribution in [-0.2, 0) is 9.84 Å². The first-order valence-corrected chi connectivity index (χ1v) is 8.87. The summed E-state index contributed by atoms with van der Waals surface area (Å²) in [5.41, 5.74) is -4.59. The molecule has 0 bridgehead atoms. The van der Waals surface area contributed by atoms with Gasteiger partial charge in [-0.3, -0.25) is 0 Å². The molecule has 1 heterocycles. The molecule has 1 aliphatic heterocycles. The Hall–Kier alpha value is -1.08. The van der Waals surface area contributed by atoms with Crippen LogP contribution in [-0.4, -0.2) is 38.5 Å². The van der Waals surface area contributed by atoms with Crippen LogP contribution in [0.15, 0.2) is 29.2 Å². The molecule has 22 heavy (non-hydrogen) atoms. The SMILES string of the molecule is CCCN1CCCC(c2cccc(S(=O)(=O)C(F)(F)F)c2)C1. The van der Waals surface area contributed by atoms with E-state index in [-0.39, 0.29) is 5.92 Å². The van der Waals surface area contributed by atoms with Gasteiger partial charge in [0.1, 0.15) is 0 Å². The maximum absolute atomic E-state index is 12.7. The zero-order valence-electron chi connectivity index (χ0n) is 12.4. The minimum Gasteiger partial charge on any atom is -0.303 e. The normalized spacial score (nSPS) is 21.0. The fraction of sp³-hybridized carbons (Fsp3) is 0.600. The molecular formula is C15H20F3NO2S. The number of halogens is 3. The van der Waals surface area contributed by atoms with Gasteiger partial charge >= 0.3 is 5.51 Å². The molecule has 0 aromatic heterocycles. The predicted octanol–water partition coefficient (Wildman–Crippen LogP) is 3.57. The van der Waals surface area contributed by atoms with Gasteiger partial charge in [-0.05, 0) is 56.0 Å². The summed E-state index contributed by atoms with van der Waals surface area (Å²) in [5, 5.41) is 0. The van der Waals surface area contributed by atoms with Crippen molar-refractivity contribution in [3.63, 3.8) is 0 Å². The van der Waals surface area contributed by atoms with Gasteiger partial charge in [-0.15, -0.1) is 0 Å². The molecule has 1 saturated heterocycles. The zero-order valence-corrected chi connectivity index (χ0v) is 13.3. The Kier molecular flexibility index (Phi) is 5.17. The summed E-state index contributed by atoms with van der Waals surface area (Å²) < 4.78 is 61.0. The summed E-state index contributed by atoms with van der Waals surface area (Å²) >= 11 is 0. The lowest BCUT2D eigenvalue weighted by Crippen LogP contribution is -2.34. The summed E-state index contributed by atoms with van der Waals surface area (Å²) in [6.07, 6.45) is 2.87. The molecule has 0 amide bonds. The molecule has 0 spiro atoms. The van der Waals surface area contributed by atoms with Crippen molar-refractivity contribution in [2.75, 3.05) is 19.6 Å². The van der Waals surface area contributed by atoms with Gasteiger partial charge in [-0.1, -0.05) is 19.1 Å². The van der Waals surface area contributed by atoms with Crippen molar-refractivity contribution in [1.82, 2.24) is 4.90 Å². The summed E-state index contributed by atoms with van der Waals surface area (Å²) in [5.74, 6) is 0.0867. The van der Waals surface area contributed by atoms with E-state index in [0.717, 1.165) is 45.0 Å². The first-order valence-electron chi connectivity index (χ1n) is 7.39. The van der Waals surface area contributed by atoms with Crippen LogP contribution in [0.5, 0.6) is 0 Å². The highest BCUT2D eigenvalue weighted by atomic mass is 32.2. The van der Waals surface area contributed by atoms with E-state index in [1.807, 2.05) is 0 Å². The largest absolute Gasteiger partial charge is 0.501 e. The monoisotopic (exact) mass is 335 g/mol. The second-order valence-electron chi connectivity index (χ2n) is 5.66. The lowest BCUT2D eigenvalue weighted by atomic mass is 9.90. The first kappa shape index (κ1) is 17.3. The Bertz CT molecular complexity index is 611. The third-order valence-electron chi connectivity index (χ3n) is 3.99. The Morgan fingerprint density at radius 2 is 2.05 bits per heavy atom. The van der Waals surface area contributed by atoms with Gasteiger partial charge in [0, 0.05) is 6.54 Å². The van der Waals surface area contributed by atoms with E-state index in [1.54, 1.807) is 6.07 Å². The molecule has 3 nitrogen and oxygen atoms in total. The number of nitrogens with zero attached hydrogens (tertiary/aromatic N) is 1. The minimum atomic E-state index is -5.27. The van der Waals surface area contributed by atoms with E-state index >= 15 is 0 Å². The highest BCUT2D eigenvalue weighted by Crippen LogP contribution is 2.33. The van der Waals surface area contributed by atoms with Gasteiger partial charge in [0.05, 0.1) is 4.90 Å². The van der Waals surface area contributed by atoms with Crippen LogP contribution in [0, 0.1) is 0 Å². The number of hydrogen-bond donors (Lipinski definition) is 0. The molecule has 1 aromatic carbocycles. The molecule has 0 radical (unpaired) electrons. The van der Waals surface area contributed by atoms with Gasteiger partial charge in [0.2, 0.25) is 0 Å². The van der Waals surface area contributed by atoms with Crippen molar-refractivity contribution < 1.29 is 21.6 Å². The lowest BCUT2D eigenvalue weighted by Gasteiger charge is -2.32. The third kappa shape index (κ3) is 3.63. The van der Waals surface area contributed by atoms with Gasteiger partial charge in [0.25, 0.3) is 9.84 Å². The number of likely N-dealkylation sites (tertiary alicyclic amines) is 1. The lowest BCUT2D eigenvalue weighted by molar-refractivity contribution is -0.0436. The summed E-state index contributed by atoms with van der Waals surface area (Å²) in [7, 11) is -5.27. The zero-order chi connectivity index (χ0) is 16.4. The molecule has 0 aliphatic carbocycles. The topological polar surface area (TPSA) is 37.4 Å². The van der Waals surface area contributed by atoms with Crippen LogP contribution >= 0.6 is 0 Å². The first-order chi connectivity index (χ1) is 10.3. The van der Waals surface area contributed by atoms with E-state index in [0.29, 0.717) is 5.56 Å². The summed E-state index contributed by atoms with van der Waals surface area (Å²) in [6.45, 7) is 4.80. The highest BCUT2D eigenvalue weighted by molar-refractivity contribution is 7.92.